The van der Waals surface area contributed by atoms with E-state index in [1.165, 1.54) is 6.07 Å². The van der Waals surface area contributed by atoms with E-state index in [4.69, 9.17) is 0 Å². The van der Waals surface area contributed by atoms with Gasteiger partial charge in [-0.25, -0.2) is 4.39 Å². The van der Waals surface area contributed by atoms with Crippen LogP contribution in [0.25, 0.3) is 0 Å². The average molecular weight is 250 g/mol. The molecule has 0 aliphatic carbocycles. The fraction of sp³-hybridized carbons (Fsp3) is 0.500. The van der Waals surface area contributed by atoms with Crippen LogP contribution in [0.1, 0.15) is 25.5 Å². The van der Waals surface area contributed by atoms with Crippen LogP contribution in [0.2, 0.25) is 0 Å². The molecule has 98 valence electrons. The summed E-state index contributed by atoms with van der Waals surface area (Å²) in [5.74, 6) is 0.0446. The molecule has 1 aromatic carbocycles. The maximum absolute atomic E-state index is 13.6. The van der Waals surface area contributed by atoms with Crippen LogP contribution < -0.4 is 10.6 Å². The smallest absolute Gasteiger partial charge is 0.225 e. The van der Waals surface area contributed by atoms with E-state index in [0.29, 0.717) is 18.0 Å². The van der Waals surface area contributed by atoms with E-state index in [0.717, 1.165) is 6.54 Å². The van der Waals surface area contributed by atoms with Crippen molar-refractivity contribution in [2.75, 3.05) is 13.1 Å². The van der Waals surface area contributed by atoms with Gasteiger partial charge in [-0.3, -0.25) is 4.79 Å². The molecule has 1 fully saturated rings. The van der Waals surface area contributed by atoms with Gasteiger partial charge in [0.1, 0.15) is 5.82 Å². The van der Waals surface area contributed by atoms with Gasteiger partial charge in [0.2, 0.25) is 5.91 Å². The van der Waals surface area contributed by atoms with Crippen LogP contribution in [0.4, 0.5) is 4.39 Å². The number of hydrogen-bond donors (Lipinski definition) is 2. The number of halogens is 1. The van der Waals surface area contributed by atoms with Crippen molar-refractivity contribution >= 4 is 5.91 Å². The molecule has 2 N–H and O–H groups in total. The first-order valence-corrected chi connectivity index (χ1v) is 6.35. The average Bonchev–Trinajstić information content (AvgIpc) is 2.76. The zero-order valence-corrected chi connectivity index (χ0v) is 10.7. The number of rotatable bonds is 3. The molecule has 2 rings (SSSR count). The summed E-state index contributed by atoms with van der Waals surface area (Å²) < 4.78 is 13.6. The van der Waals surface area contributed by atoms with E-state index in [9.17, 15) is 9.18 Å². The van der Waals surface area contributed by atoms with Gasteiger partial charge >= 0.3 is 0 Å². The molecule has 0 saturated carbocycles. The molecule has 3 atom stereocenters. The molecular formula is C14H19FN2O. The van der Waals surface area contributed by atoms with Crippen LogP contribution >= 0.6 is 0 Å². The van der Waals surface area contributed by atoms with Crippen molar-refractivity contribution in [1.29, 1.82) is 0 Å². The van der Waals surface area contributed by atoms with Crippen LogP contribution in [0, 0.1) is 17.7 Å². The minimum Gasteiger partial charge on any atom is -0.349 e. The highest BCUT2D eigenvalue weighted by molar-refractivity contribution is 5.80. The first kappa shape index (κ1) is 13.0. The summed E-state index contributed by atoms with van der Waals surface area (Å²) in [4.78, 5) is 12.1. The van der Waals surface area contributed by atoms with Crippen molar-refractivity contribution in [2.45, 2.75) is 19.9 Å². The Labute approximate surface area is 107 Å². The fourth-order valence-corrected chi connectivity index (χ4v) is 2.39. The first-order chi connectivity index (χ1) is 8.59. The van der Waals surface area contributed by atoms with Gasteiger partial charge in [-0.05, 0) is 25.5 Å². The lowest BCUT2D eigenvalue weighted by Gasteiger charge is -2.19. The zero-order chi connectivity index (χ0) is 13.1. The number of benzene rings is 1. The van der Waals surface area contributed by atoms with Gasteiger partial charge in [0, 0.05) is 12.1 Å². The standard InChI is InChI=1S/C14H19FN2O/c1-9-7-16-8-12(9)14(18)17-10(2)11-5-3-4-6-13(11)15/h3-6,9-10,12,16H,7-8H2,1-2H3,(H,17,18). The van der Waals surface area contributed by atoms with Crippen LogP contribution in [0.3, 0.4) is 0 Å². The second-order valence-electron chi connectivity index (χ2n) is 4.99. The van der Waals surface area contributed by atoms with Gasteiger partial charge in [0.15, 0.2) is 0 Å². The topological polar surface area (TPSA) is 41.1 Å². The fourth-order valence-electron chi connectivity index (χ4n) is 2.39. The molecule has 1 saturated heterocycles. The van der Waals surface area contributed by atoms with Crippen molar-refractivity contribution in [3.8, 4) is 0 Å². The molecule has 1 aliphatic rings. The lowest BCUT2D eigenvalue weighted by atomic mass is 9.96. The number of carbonyl (C=O) groups is 1. The van der Waals surface area contributed by atoms with Gasteiger partial charge in [0.05, 0.1) is 12.0 Å². The molecule has 1 heterocycles. The van der Waals surface area contributed by atoms with Gasteiger partial charge < -0.3 is 10.6 Å². The second kappa shape index (κ2) is 5.48. The summed E-state index contributed by atoms with van der Waals surface area (Å²) in [5.41, 5.74) is 0.532. The maximum atomic E-state index is 13.6. The number of amides is 1. The molecule has 0 radical (unpaired) electrons. The minimum absolute atomic E-state index is 0.00301. The van der Waals surface area contributed by atoms with E-state index in [1.54, 1.807) is 18.2 Å². The molecule has 4 heteroatoms. The molecule has 0 aromatic heterocycles. The third-order valence-electron chi connectivity index (χ3n) is 3.58. The summed E-state index contributed by atoms with van der Waals surface area (Å²) >= 11 is 0. The van der Waals surface area contributed by atoms with Crippen LogP contribution in [-0.2, 0) is 4.79 Å². The van der Waals surface area contributed by atoms with Crippen molar-refractivity contribution in [3.05, 3.63) is 35.6 Å². The second-order valence-corrected chi connectivity index (χ2v) is 4.99. The predicted molar refractivity (Wildman–Crippen MR) is 68.5 cm³/mol. The van der Waals surface area contributed by atoms with E-state index in [-0.39, 0.29) is 23.7 Å². The summed E-state index contributed by atoms with van der Waals surface area (Å²) in [7, 11) is 0. The third kappa shape index (κ3) is 2.70. The van der Waals surface area contributed by atoms with E-state index in [2.05, 4.69) is 17.6 Å². The predicted octanol–water partition coefficient (Wildman–Crippen LogP) is 1.86. The van der Waals surface area contributed by atoms with Crippen molar-refractivity contribution in [2.24, 2.45) is 11.8 Å². The molecule has 1 aliphatic heterocycles. The molecule has 0 spiro atoms. The SMILES string of the molecule is CC(NC(=O)C1CNCC1C)c1ccccc1F. The molecule has 1 amide bonds. The molecule has 0 bridgehead atoms. The Balaban J connectivity index is 2.01. The van der Waals surface area contributed by atoms with Crippen LogP contribution in [0.5, 0.6) is 0 Å². The van der Waals surface area contributed by atoms with Crippen molar-refractivity contribution < 1.29 is 9.18 Å². The van der Waals surface area contributed by atoms with E-state index >= 15 is 0 Å². The van der Waals surface area contributed by atoms with Crippen LogP contribution in [-0.4, -0.2) is 19.0 Å². The molecule has 1 aromatic rings. The van der Waals surface area contributed by atoms with E-state index in [1.807, 2.05) is 6.92 Å². The Kier molecular flexibility index (Phi) is 3.97. The minimum atomic E-state index is -0.300. The van der Waals surface area contributed by atoms with Crippen molar-refractivity contribution in [3.63, 3.8) is 0 Å². The Morgan fingerprint density at radius 2 is 2.17 bits per heavy atom. The summed E-state index contributed by atoms with van der Waals surface area (Å²) in [6, 6.07) is 6.25. The Bertz CT molecular complexity index is 436. The first-order valence-electron chi connectivity index (χ1n) is 6.35. The Morgan fingerprint density at radius 3 is 2.78 bits per heavy atom. The highest BCUT2D eigenvalue weighted by Crippen LogP contribution is 2.20. The molecule has 3 nitrogen and oxygen atoms in total. The largest absolute Gasteiger partial charge is 0.349 e. The summed E-state index contributed by atoms with van der Waals surface area (Å²) in [6.45, 7) is 5.44. The molecule has 18 heavy (non-hydrogen) atoms. The third-order valence-corrected chi connectivity index (χ3v) is 3.58. The zero-order valence-electron chi connectivity index (χ0n) is 10.7. The number of carbonyl (C=O) groups excluding carboxylic acids is 1. The Hall–Kier alpha value is -1.42. The molecule has 3 unspecified atom stereocenters. The summed E-state index contributed by atoms with van der Waals surface area (Å²) in [5, 5.41) is 6.08. The number of nitrogens with one attached hydrogen (secondary N) is 2. The maximum Gasteiger partial charge on any atom is 0.225 e. The van der Waals surface area contributed by atoms with Gasteiger partial charge in [-0.15, -0.1) is 0 Å². The van der Waals surface area contributed by atoms with Crippen molar-refractivity contribution in [1.82, 2.24) is 10.6 Å². The van der Waals surface area contributed by atoms with Gasteiger partial charge in [-0.1, -0.05) is 25.1 Å². The monoisotopic (exact) mass is 250 g/mol. The summed E-state index contributed by atoms with van der Waals surface area (Å²) in [6.07, 6.45) is 0. The molecular weight excluding hydrogens is 231 g/mol. The highest BCUT2D eigenvalue weighted by atomic mass is 19.1. The lowest BCUT2D eigenvalue weighted by Crippen LogP contribution is -2.36. The lowest BCUT2D eigenvalue weighted by molar-refractivity contribution is -0.126. The van der Waals surface area contributed by atoms with Gasteiger partial charge in [0.25, 0.3) is 0 Å². The number of hydrogen-bond acceptors (Lipinski definition) is 2. The Morgan fingerprint density at radius 1 is 1.44 bits per heavy atom. The highest BCUT2D eigenvalue weighted by Gasteiger charge is 2.30. The van der Waals surface area contributed by atoms with E-state index < -0.39 is 0 Å². The normalized spacial score (nSPS) is 24.8. The van der Waals surface area contributed by atoms with Crippen LogP contribution in [0.15, 0.2) is 24.3 Å². The van der Waals surface area contributed by atoms with Gasteiger partial charge in [-0.2, -0.15) is 0 Å². The quantitative estimate of drug-likeness (QED) is 0.859.